The first-order chi connectivity index (χ1) is 44.9. The molecule has 3 aliphatic rings. The van der Waals surface area contributed by atoms with E-state index in [0.717, 1.165) is 115 Å². The minimum Gasteiger partial charge on any atom is -0.492 e. The molecule has 1 unspecified atom stereocenters. The molecule has 476 valence electrons. The zero-order valence-electron chi connectivity index (χ0n) is 52.6. The maximum absolute atomic E-state index is 15.8. The molecule has 1 saturated heterocycles. The van der Waals surface area contributed by atoms with E-state index in [-0.39, 0.29) is 37.2 Å². The average molecular weight is 1260 g/mol. The number of rotatable bonds is 20. The number of nitrogens with zero attached hydrogens (tertiary/aromatic N) is 11. The van der Waals surface area contributed by atoms with Gasteiger partial charge >= 0.3 is 0 Å². The summed E-state index contributed by atoms with van der Waals surface area (Å²) in [4.78, 5) is 45.2. The van der Waals surface area contributed by atoms with Crippen LogP contribution in [-0.2, 0) is 30.5 Å². The van der Waals surface area contributed by atoms with Crippen LogP contribution in [0.2, 0.25) is 0 Å². The Morgan fingerprint density at radius 3 is 2.22 bits per heavy atom. The molecule has 3 aromatic carbocycles. The number of aromatic amines is 2. The minimum absolute atomic E-state index is 0.0133. The van der Waals surface area contributed by atoms with Gasteiger partial charge in [-0.25, -0.2) is 22.2 Å². The Labute approximate surface area is 535 Å². The number of likely N-dealkylation sites (N-methyl/N-ethyl adjacent to an activating group) is 2. The van der Waals surface area contributed by atoms with Crippen LogP contribution >= 0.6 is 0 Å². The van der Waals surface area contributed by atoms with E-state index in [1.54, 1.807) is 46.6 Å². The molecule has 1 amide bonds. The summed E-state index contributed by atoms with van der Waals surface area (Å²) in [5.74, 6) is -2.65. The van der Waals surface area contributed by atoms with E-state index in [1.807, 2.05) is 105 Å². The van der Waals surface area contributed by atoms with Crippen molar-refractivity contribution in [3.8, 4) is 67.9 Å². The Morgan fingerprint density at radius 2 is 1.44 bits per heavy atom. The Hall–Kier alpha value is -9.57. The fourth-order valence-electron chi connectivity index (χ4n) is 13.5. The second-order valence-corrected chi connectivity index (χ2v) is 25.6. The molecule has 2 aliphatic carbocycles. The van der Waals surface area contributed by atoms with Crippen molar-refractivity contribution >= 4 is 50.4 Å². The highest BCUT2D eigenvalue weighted by Gasteiger charge is 2.38. The van der Waals surface area contributed by atoms with Crippen molar-refractivity contribution in [3.63, 3.8) is 0 Å². The predicted octanol–water partition coefficient (Wildman–Crippen LogP) is 13.9. The molecular weight excluding hydrogens is 1180 g/mol. The number of nitrogens with one attached hydrogen (secondary N) is 3. The molecule has 0 radical (unpaired) electrons. The van der Waals surface area contributed by atoms with Crippen LogP contribution in [-0.4, -0.2) is 137 Å². The van der Waals surface area contributed by atoms with Gasteiger partial charge in [-0.2, -0.15) is 10.2 Å². The summed E-state index contributed by atoms with van der Waals surface area (Å²) in [6, 6.07) is 27.6. The molecule has 17 nitrogen and oxygen atoms in total. The third-order valence-corrected chi connectivity index (χ3v) is 18.4. The number of pyridine rings is 4. The number of aryl methyl sites for hydroxylation is 1. The highest BCUT2D eigenvalue weighted by molar-refractivity contribution is 6.02. The van der Waals surface area contributed by atoms with Gasteiger partial charge in [0.1, 0.15) is 47.7 Å². The maximum Gasteiger partial charge on any atom is 0.261 e. The SMILES string of the molecule is CN(C)CCOc1cc(F)cc(C2(C)CC=Cc3[nH]c(-c4nn(CN(C)CCOc5cc(F)cc(-c6cccc7[nH]c(-c8nn(C)c9cnc(-c%10cncc(CN%11CCC(F)(F)C%11)c%10)cc89)cc67)c5)c5cnc(-c6cncc(NC(=O)C7CCCCC7)c6)cc45)cc32)c1. The number of aromatic nitrogens is 10. The Morgan fingerprint density at radius 1 is 0.731 bits per heavy atom. The van der Waals surface area contributed by atoms with Gasteiger partial charge in [-0.05, 0) is 141 Å². The first kappa shape index (κ1) is 61.0. The first-order valence-electron chi connectivity index (χ1n) is 31.7. The van der Waals surface area contributed by atoms with E-state index >= 15 is 8.78 Å². The number of carbonyl (C=O) groups excluding carboxylic acids is 1. The Bertz CT molecular complexity index is 4660. The fraction of sp³-hybridized carbons (Fsp3) is 0.319. The number of hydrogen-bond acceptors (Lipinski definition) is 12. The van der Waals surface area contributed by atoms with Crippen molar-refractivity contribution in [1.82, 2.24) is 64.2 Å². The number of anilines is 1. The van der Waals surface area contributed by atoms with Crippen molar-refractivity contribution < 1.29 is 31.8 Å². The number of H-pyrrole nitrogens is 2. The average Bonchev–Trinajstić information content (AvgIpc) is 1.65. The van der Waals surface area contributed by atoms with E-state index in [1.165, 1.54) is 18.2 Å². The van der Waals surface area contributed by atoms with Gasteiger partial charge in [-0.1, -0.05) is 44.4 Å². The molecule has 2 fully saturated rings. The molecule has 11 aromatic rings. The highest BCUT2D eigenvalue weighted by atomic mass is 19.3. The van der Waals surface area contributed by atoms with Crippen LogP contribution in [0, 0.1) is 17.6 Å². The lowest BCUT2D eigenvalue weighted by Crippen LogP contribution is -2.27. The molecule has 8 aromatic heterocycles. The predicted molar refractivity (Wildman–Crippen MR) is 354 cm³/mol. The monoisotopic (exact) mass is 1260 g/mol. The molecule has 3 N–H and O–H groups in total. The molecule has 1 saturated carbocycles. The summed E-state index contributed by atoms with van der Waals surface area (Å²) >= 11 is 0. The number of allylic oxidation sites excluding steroid dienone is 1. The van der Waals surface area contributed by atoms with Gasteiger partial charge in [0.2, 0.25) is 5.91 Å². The third kappa shape index (κ3) is 12.8. The van der Waals surface area contributed by atoms with Crippen LogP contribution in [0.15, 0.2) is 134 Å². The molecule has 21 heteroatoms. The van der Waals surface area contributed by atoms with Gasteiger partial charge in [0.05, 0.1) is 71.3 Å². The molecule has 9 heterocycles. The molecule has 0 bridgehead atoms. The van der Waals surface area contributed by atoms with E-state index in [2.05, 4.69) is 55.3 Å². The smallest absolute Gasteiger partial charge is 0.261 e. The standard InChI is InChI=1S/C72H72F4N14O3/c1-71(49-27-51(74)30-54(28-49)92-21-19-86(2)3)16-10-15-61-59(71)34-65(83-61)69-58-33-63(48-25-52(38-78-37-48)81-70(91)45-11-7-6-8-12-45)80-40-67(58)90(85-69)43-87(4)20-22-93-53-26-46(24-50(73)29-53)55-13-9-14-60-56(55)31-64(82-60)68-57-32-62(79-39-66(57)88(5)84-68)47-23-44(35-77-36-47)41-89-18-17-72(75,76)42-89/h9-10,13-15,23-40,45,82-83H,6-8,11-12,16-22,41-43H2,1-5H3,(H,81,91). The second-order valence-electron chi connectivity index (χ2n) is 25.6. The summed E-state index contributed by atoms with van der Waals surface area (Å²) in [6.07, 6.45) is 20.1. The largest absolute Gasteiger partial charge is 0.492 e. The summed E-state index contributed by atoms with van der Waals surface area (Å²) in [5, 5.41) is 15.9. The highest BCUT2D eigenvalue weighted by Crippen LogP contribution is 2.45. The van der Waals surface area contributed by atoms with E-state index in [0.29, 0.717) is 91.4 Å². The lowest BCUT2D eigenvalue weighted by molar-refractivity contribution is -0.120. The topological polar surface area (TPSA) is 176 Å². The van der Waals surface area contributed by atoms with Crippen molar-refractivity contribution in [2.24, 2.45) is 13.0 Å². The van der Waals surface area contributed by atoms with Crippen molar-refractivity contribution in [2.75, 3.05) is 65.9 Å². The van der Waals surface area contributed by atoms with Crippen molar-refractivity contribution in [1.29, 1.82) is 0 Å². The number of hydrogen-bond donors (Lipinski definition) is 3. The van der Waals surface area contributed by atoms with Crippen LogP contribution in [0.4, 0.5) is 23.2 Å². The van der Waals surface area contributed by atoms with Crippen molar-refractivity contribution in [2.45, 2.75) is 76.4 Å². The van der Waals surface area contributed by atoms with Gasteiger partial charge in [0.15, 0.2) is 0 Å². The Balaban J connectivity index is 0.715. The van der Waals surface area contributed by atoms with Crippen LogP contribution in [0.3, 0.4) is 0 Å². The number of alkyl halides is 2. The molecule has 1 atom stereocenters. The van der Waals surface area contributed by atoms with Gasteiger partial charge in [-0.15, -0.1) is 0 Å². The zero-order chi connectivity index (χ0) is 64.1. The van der Waals surface area contributed by atoms with Crippen LogP contribution in [0.5, 0.6) is 11.5 Å². The van der Waals surface area contributed by atoms with Crippen molar-refractivity contribution in [3.05, 3.63) is 168 Å². The number of amides is 1. The lowest BCUT2D eigenvalue weighted by atomic mass is 9.71. The molecular formula is C72H72F4N14O3. The molecule has 0 spiro atoms. The van der Waals surface area contributed by atoms with Gasteiger partial charge in [0.25, 0.3) is 5.92 Å². The van der Waals surface area contributed by atoms with Gasteiger partial charge in [0, 0.05) is 120 Å². The zero-order valence-corrected chi connectivity index (χ0v) is 52.6. The minimum atomic E-state index is -2.68. The van der Waals surface area contributed by atoms with Gasteiger partial charge < -0.3 is 29.7 Å². The number of ether oxygens (including phenoxy) is 2. The Kier molecular flexibility index (Phi) is 16.5. The summed E-state index contributed by atoms with van der Waals surface area (Å²) in [6.45, 7) is 4.68. The van der Waals surface area contributed by atoms with Crippen LogP contribution < -0.4 is 14.8 Å². The van der Waals surface area contributed by atoms with E-state index in [9.17, 15) is 13.6 Å². The number of fused-ring (bicyclic) bond motifs is 4. The molecule has 1 aliphatic heterocycles. The quantitative estimate of drug-likeness (QED) is 0.0617. The van der Waals surface area contributed by atoms with Crippen LogP contribution in [0.1, 0.15) is 74.3 Å². The normalized spacial score (nSPS) is 16.8. The maximum atomic E-state index is 15.8. The molecule has 93 heavy (non-hydrogen) atoms. The first-order valence-corrected chi connectivity index (χ1v) is 31.7. The summed E-state index contributed by atoms with van der Waals surface area (Å²) in [5.41, 5.74) is 13.1. The van der Waals surface area contributed by atoms with Crippen LogP contribution in [0.25, 0.3) is 95.2 Å². The summed E-state index contributed by atoms with van der Waals surface area (Å²) in [7, 11) is 7.78. The second kappa shape index (κ2) is 25.1. The molecule has 14 rings (SSSR count). The number of benzene rings is 3. The van der Waals surface area contributed by atoms with Gasteiger partial charge in [-0.3, -0.25) is 39.2 Å². The number of likely N-dealkylation sites (tertiary alicyclic amines) is 1. The fourth-order valence-corrected chi connectivity index (χ4v) is 13.5. The van der Waals surface area contributed by atoms with E-state index in [4.69, 9.17) is 29.6 Å². The lowest BCUT2D eigenvalue weighted by Gasteiger charge is -2.32. The summed E-state index contributed by atoms with van der Waals surface area (Å²) < 4.78 is 75.5. The number of carbonyl (C=O) groups is 1. The number of halogens is 4. The van der Waals surface area contributed by atoms with E-state index < -0.39 is 17.2 Å². The third-order valence-electron chi connectivity index (χ3n) is 18.4.